The summed E-state index contributed by atoms with van der Waals surface area (Å²) in [6.07, 6.45) is 0.392. The molecule has 0 spiro atoms. The Balaban J connectivity index is 2.55. The summed E-state index contributed by atoms with van der Waals surface area (Å²) in [5.41, 5.74) is 5.20. The predicted molar refractivity (Wildman–Crippen MR) is 35.0 cm³/mol. The molecule has 1 rings (SSSR count). The van der Waals surface area contributed by atoms with E-state index in [1.165, 1.54) is 0 Å². The van der Waals surface area contributed by atoms with Crippen molar-refractivity contribution >= 4 is 0 Å². The first kappa shape index (κ1) is 7.88. The molecule has 0 aromatic rings. The molecule has 2 N–H and O–H groups in total. The normalized spacial score (nSPS) is 34.2. The average Bonchev–Trinajstić information content (AvgIpc) is 1.78. The fraction of sp³-hybridized carbons (Fsp3) is 1.00. The van der Waals surface area contributed by atoms with Crippen LogP contribution in [0, 0.1) is 0 Å². The van der Waals surface area contributed by atoms with Crippen molar-refractivity contribution in [1.29, 1.82) is 0 Å². The van der Waals surface area contributed by atoms with Gasteiger partial charge in [0.25, 0.3) is 5.92 Å². The molecule has 1 fully saturated rings. The zero-order valence-corrected chi connectivity index (χ0v) is 5.98. The topological polar surface area (TPSA) is 29.3 Å². The molecule has 1 saturated heterocycles. The summed E-state index contributed by atoms with van der Waals surface area (Å²) >= 11 is 0. The van der Waals surface area contributed by atoms with Crippen molar-refractivity contribution in [2.24, 2.45) is 5.73 Å². The number of hydrogen-bond donors (Lipinski definition) is 1. The Hall–Kier alpha value is -0.220. The third-order valence-corrected chi connectivity index (χ3v) is 1.85. The Morgan fingerprint density at radius 2 is 2.20 bits per heavy atom. The van der Waals surface area contributed by atoms with Crippen molar-refractivity contribution < 1.29 is 8.78 Å². The second-order valence-corrected chi connectivity index (χ2v) is 2.89. The summed E-state index contributed by atoms with van der Waals surface area (Å²) in [6.45, 7) is 0.477. The second kappa shape index (κ2) is 2.43. The monoisotopic (exact) mass is 150 g/mol. The minimum Gasteiger partial charge on any atom is -0.323 e. The van der Waals surface area contributed by atoms with Crippen molar-refractivity contribution in [1.82, 2.24) is 4.90 Å². The number of rotatable bonds is 0. The highest BCUT2D eigenvalue weighted by Gasteiger charge is 2.40. The fourth-order valence-corrected chi connectivity index (χ4v) is 1.13. The van der Waals surface area contributed by atoms with E-state index in [9.17, 15) is 8.78 Å². The van der Waals surface area contributed by atoms with Crippen molar-refractivity contribution in [2.45, 2.75) is 18.4 Å². The summed E-state index contributed by atoms with van der Waals surface area (Å²) < 4.78 is 25.4. The van der Waals surface area contributed by atoms with E-state index in [2.05, 4.69) is 0 Å². The van der Waals surface area contributed by atoms with Crippen LogP contribution < -0.4 is 5.73 Å². The molecule has 4 heteroatoms. The summed E-state index contributed by atoms with van der Waals surface area (Å²) in [4.78, 5) is 1.60. The van der Waals surface area contributed by atoms with Crippen molar-refractivity contribution in [3.8, 4) is 0 Å². The molecular weight excluding hydrogens is 138 g/mol. The van der Waals surface area contributed by atoms with Crippen LogP contribution in [0.5, 0.6) is 0 Å². The zero-order valence-electron chi connectivity index (χ0n) is 5.98. The summed E-state index contributed by atoms with van der Waals surface area (Å²) in [5.74, 6) is -2.69. The van der Waals surface area contributed by atoms with Gasteiger partial charge < -0.3 is 10.6 Å². The van der Waals surface area contributed by atoms with Gasteiger partial charge in [-0.3, -0.25) is 0 Å². The molecule has 1 atom stereocenters. The van der Waals surface area contributed by atoms with Gasteiger partial charge in [0.2, 0.25) is 0 Å². The van der Waals surface area contributed by atoms with E-state index in [4.69, 9.17) is 5.73 Å². The maximum Gasteiger partial charge on any atom is 0.275 e. The van der Waals surface area contributed by atoms with Gasteiger partial charge in [0.15, 0.2) is 0 Å². The van der Waals surface area contributed by atoms with E-state index in [1.54, 1.807) is 11.9 Å². The first-order chi connectivity index (χ1) is 4.52. The Labute approximate surface area is 59.0 Å². The third-order valence-electron chi connectivity index (χ3n) is 1.85. The Morgan fingerprint density at radius 1 is 1.60 bits per heavy atom. The lowest BCUT2D eigenvalue weighted by Gasteiger charge is -2.34. The van der Waals surface area contributed by atoms with E-state index in [0.29, 0.717) is 13.0 Å². The minimum absolute atomic E-state index is 0.200. The standard InChI is InChI=1S/C6H12F2N2/c1-10-3-2-5(9)6(7,8)4-10/h5H,2-4,9H2,1H3/t5-/m1/s1. The first-order valence-electron chi connectivity index (χ1n) is 3.34. The molecule has 0 aromatic carbocycles. The summed E-state index contributed by atoms with van der Waals surface area (Å²) in [5, 5.41) is 0. The molecule has 1 aliphatic rings. The van der Waals surface area contributed by atoms with Gasteiger partial charge in [0, 0.05) is 0 Å². The van der Waals surface area contributed by atoms with Crippen LogP contribution in [0.3, 0.4) is 0 Å². The lowest BCUT2D eigenvalue weighted by Crippen LogP contribution is -2.54. The van der Waals surface area contributed by atoms with Gasteiger partial charge in [-0.2, -0.15) is 0 Å². The zero-order chi connectivity index (χ0) is 7.78. The first-order valence-corrected chi connectivity index (χ1v) is 3.34. The molecule has 0 bridgehead atoms. The Bertz CT molecular complexity index is 127. The van der Waals surface area contributed by atoms with E-state index in [1.807, 2.05) is 0 Å². The van der Waals surface area contributed by atoms with Crippen LogP contribution >= 0.6 is 0 Å². The molecule has 0 aromatic heterocycles. The molecule has 60 valence electrons. The van der Waals surface area contributed by atoms with Crippen LogP contribution in [0.1, 0.15) is 6.42 Å². The smallest absolute Gasteiger partial charge is 0.275 e. The number of nitrogens with zero attached hydrogens (tertiary/aromatic N) is 1. The highest BCUT2D eigenvalue weighted by molar-refractivity contribution is 4.87. The number of likely N-dealkylation sites (tertiary alicyclic amines) is 1. The van der Waals surface area contributed by atoms with Gasteiger partial charge in [-0.05, 0) is 20.0 Å². The SMILES string of the molecule is CN1CC[C@@H](N)C(F)(F)C1. The van der Waals surface area contributed by atoms with E-state index in [-0.39, 0.29) is 6.54 Å². The van der Waals surface area contributed by atoms with Gasteiger partial charge >= 0.3 is 0 Å². The van der Waals surface area contributed by atoms with Crippen molar-refractivity contribution in [3.63, 3.8) is 0 Å². The summed E-state index contributed by atoms with van der Waals surface area (Å²) in [7, 11) is 1.68. The Kier molecular flexibility index (Phi) is 1.92. The molecular formula is C6H12F2N2. The summed E-state index contributed by atoms with van der Waals surface area (Å²) in [6, 6.07) is -0.941. The quantitative estimate of drug-likeness (QED) is 0.537. The maximum absolute atomic E-state index is 12.7. The fourth-order valence-electron chi connectivity index (χ4n) is 1.13. The molecule has 0 amide bonds. The number of piperidine rings is 1. The minimum atomic E-state index is -2.69. The Morgan fingerprint density at radius 3 is 2.60 bits per heavy atom. The highest BCUT2D eigenvalue weighted by Crippen LogP contribution is 2.24. The van der Waals surface area contributed by atoms with Crippen LogP contribution in [-0.4, -0.2) is 37.0 Å². The molecule has 2 nitrogen and oxygen atoms in total. The molecule has 1 aliphatic heterocycles. The maximum atomic E-state index is 12.7. The van der Waals surface area contributed by atoms with Crippen LogP contribution in [0.2, 0.25) is 0 Å². The van der Waals surface area contributed by atoms with Crippen LogP contribution in [0.15, 0.2) is 0 Å². The van der Waals surface area contributed by atoms with Gasteiger partial charge in [-0.15, -0.1) is 0 Å². The average molecular weight is 150 g/mol. The van der Waals surface area contributed by atoms with Crippen LogP contribution in [0.4, 0.5) is 8.78 Å². The lowest BCUT2D eigenvalue weighted by atomic mass is 10.0. The molecule has 0 saturated carbocycles. The largest absolute Gasteiger partial charge is 0.323 e. The van der Waals surface area contributed by atoms with Crippen molar-refractivity contribution in [2.75, 3.05) is 20.1 Å². The van der Waals surface area contributed by atoms with Gasteiger partial charge in [0.1, 0.15) is 0 Å². The molecule has 0 unspecified atom stereocenters. The van der Waals surface area contributed by atoms with E-state index >= 15 is 0 Å². The number of halogens is 2. The van der Waals surface area contributed by atoms with Crippen molar-refractivity contribution in [3.05, 3.63) is 0 Å². The lowest BCUT2D eigenvalue weighted by molar-refractivity contribution is -0.0733. The van der Waals surface area contributed by atoms with Gasteiger partial charge in [0.05, 0.1) is 12.6 Å². The van der Waals surface area contributed by atoms with Gasteiger partial charge in [-0.25, -0.2) is 8.78 Å². The molecule has 10 heavy (non-hydrogen) atoms. The highest BCUT2D eigenvalue weighted by atomic mass is 19.3. The third kappa shape index (κ3) is 1.44. The number of nitrogens with two attached hydrogens (primary N) is 1. The molecule has 0 radical (unpaired) electrons. The predicted octanol–water partition coefficient (Wildman–Crippen LogP) is 0.285. The molecule has 0 aliphatic carbocycles. The van der Waals surface area contributed by atoms with E-state index < -0.39 is 12.0 Å². The number of alkyl halides is 2. The van der Waals surface area contributed by atoms with Gasteiger partial charge in [-0.1, -0.05) is 0 Å². The molecule has 1 heterocycles. The second-order valence-electron chi connectivity index (χ2n) is 2.89. The van der Waals surface area contributed by atoms with Crippen LogP contribution in [0.25, 0.3) is 0 Å². The van der Waals surface area contributed by atoms with Crippen LogP contribution in [-0.2, 0) is 0 Å². The van der Waals surface area contributed by atoms with E-state index in [0.717, 1.165) is 0 Å². The number of hydrogen-bond acceptors (Lipinski definition) is 2.